The second-order valence-corrected chi connectivity index (χ2v) is 9.37. The largest absolute Gasteiger partial charge is 0.493 e. The lowest BCUT2D eigenvalue weighted by atomic mass is 10.0. The van der Waals surface area contributed by atoms with Crippen molar-refractivity contribution in [2.24, 2.45) is 10.7 Å². The summed E-state index contributed by atoms with van der Waals surface area (Å²) >= 11 is 0. The predicted molar refractivity (Wildman–Crippen MR) is 150 cm³/mol. The van der Waals surface area contributed by atoms with E-state index >= 15 is 8.78 Å². The molecule has 3 aromatic rings. The van der Waals surface area contributed by atoms with Crippen LogP contribution in [0.15, 0.2) is 47.2 Å². The fourth-order valence-corrected chi connectivity index (χ4v) is 4.79. The Morgan fingerprint density at radius 2 is 1.78 bits per heavy atom. The van der Waals surface area contributed by atoms with E-state index in [-0.39, 0.29) is 24.6 Å². The number of allylic oxidation sites excluding steroid dienone is 2. The molecule has 0 aliphatic carbocycles. The van der Waals surface area contributed by atoms with E-state index in [2.05, 4.69) is 9.98 Å². The molecule has 2 aromatic carbocycles. The van der Waals surface area contributed by atoms with Crippen LogP contribution in [0.4, 0.5) is 25.0 Å². The molecule has 0 saturated heterocycles. The van der Waals surface area contributed by atoms with E-state index in [1.165, 1.54) is 19.1 Å². The average molecular weight is 566 g/mol. The number of fused-ring (bicyclic) bond motifs is 2. The molecule has 214 valence electrons. The van der Waals surface area contributed by atoms with Crippen LogP contribution in [0.2, 0.25) is 0 Å². The van der Waals surface area contributed by atoms with Crippen molar-refractivity contribution in [3.05, 3.63) is 70.7 Å². The summed E-state index contributed by atoms with van der Waals surface area (Å²) in [6.45, 7) is 2.45. The van der Waals surface area contributed by atoms with Crippen molar-refractivity contribution in [2.75, 3.05) is 44.3 Å². The van der Waals surface area contributed by atoms with E-state index in [0.717, 1.165) is 11.0 Å². The average Bonchev–Trinajstić information content (AvgIpc) is 2.97. The number of carbonyl (C=O) groups is 1. The molecule has 3 heterocycles. The number of halogens is 2. The van der Waals surface area contributed by atoms with Gasteiger partial charge in [-0.15, -0.1) is 0 Å². The molecule has 41 heavy (non-hydrogen) atoms. The third kappa shape index (κ3) is 5.08. The molecule has 0 unspecified atom stereocenters. The molecule has 2 aliphatic rings. The molecule has 2 amide bonds. The first-order valence-electron chi connectivity index (χ1n) is 12.7. The highest BCUT2D eigenvalue weighted by atomic mass is 19.1. The fourth-order valence-electron chi connectivity index (χ4n) is 4.79. The minimum atomic E-state index is -1.03. The number of nitrogens with zero attached hydrogens (tertiary/aromatic N) is 4. The van der Waals surface area contributed by atoms with E-state index in [0.29, 0.717) is 58.5 Å². The number of rotatable bonds is 7. The second kappa shape index (κ2) is 11.3. The quantitative estimate of drug-likeness (QED) is 0.414. The minimum Gasteiger partial charge on any atom is -0.493 e. The summed E-state index contributed by atoms with van der Waals surface area (Å²) in [5.74, 6) is -1.46. The molecule has 0 spiro atoms. The molecule has 2 N–H and O–H groups in total. The Balaban J connectivity index is 1.66. The zero-order valence-electron chi connectivity index (χ0n) is 23.0. The number of ether oxygens (including phenoxy) is 4. The molecule has 5 rings (SSSR count). The molecule has 0 fully saturated rings. The summed E-state index contributed by atoms with van der Waals surface area (Å²) < 4.78 is 52.7. The maximum absolute atomic E-state index is 15.6. The molecule has 0 bridgehead atoms. The lowest BCUT2D eigenvalue weighted by Gasteiger charge is -2.37. The third-order valence-corrected chi connectivity index (χ3v) is 6.77. The van der Waals surface area contributed by atoms with Gasteiger partial charge in [-0.1, -0.05) is 6.07 Å². The first-order valence-corrected chi connectivity index (χ1v) is 12.7. The van der Waals surface area contributed by atoms with Gasteiger partial charge in [0.1, 0.15) is 18.9 Å². The summed E-state index contributed by atoms with van der Waals surface area (Å²) in [6, 6.07) is 7.48. The van der Waals surface area contributed by atoms with Crippen molar-refractivity contribution in [1.29, 1.82) is 0 Å². The van der Waals surface area contributed by atoms with Crippen LogP contribution in [0.3, 0.4) is 0 Å². The van der Waals surface area contributed by atoms with Crippen molar-refractivity contribution >= 4 is 29.2 Å². The van der Waals surface area contributed by atoms with Gasteiger partial charge in [0, 0.05) is 42.4 Å². The molecular weight excluding hydrogens is 536 g/mol. The van der Waals surface area contributed by atoms with Crippen LogP contribution >= 0.6 is 0 Å². The predicted octanol–water partition coefficient (Wildman–Crippen LogP) is 4.69. The lowest BCUT2D eigenvalue weighted by Crippen LogP contribution is -2.47. The Kier molecular flexibility index (Phi) is 7.64. The standard InChI is InChI=1S/C29H29F2N5O5/c1-16(32)19(13-33-2)20-10-21-18(12-34-20)15-36(28-26(30)24(38-3)11-25(39-4)27(28)31)29(37)35(21)14-17-5-6-22-23(9-17)41-8-7-40-22/h5-6,9-13H,7-8,14-15,32H2,1-4H3. The number of nitrogens with two attached hydrogens (primary N) is 1. The lowest BCUT2D eigenvalue weighted by molar-refractivity contribution is 0.171. The number of benzene rings is 2. The molecule has 0 atom stereocenters. The maximum atomic E-state index is 15.6. The van der Waals surface area contributed by atoms with Crippen LogP contribution in [0, 0.1) is 11.6 Å². The number of aliphatic imine (C=N–C) groups is 1. The molecule has 12 heteroatoms. The number of pyridine rings is 1. The zero-order chi connectivity index (χ0) is 29.3. The number of hydrogen-bond acceptors (Lipinski definition) is 8. The Hall–Kier alpha value is -4.87. The van der Waals surface area contributed by atoms with Gasteiger partial charge in [-0.3, -0.25) is 19.8 Å². The van der Waals surface area contributed by atoms with Gasteiger partial charge in [0.15, 0.2) is 34.6 Å². The van der Waals surface area contributed by atoms with Crippen LogP contribution in [-0.4, -0.2) is 51.7 Å². The Labute approximate surface area is 235 Å². The molecule has 10 nitrogen and oxygen atoms in total. The smallest absolute Gasteiger partial charge is 0.329 e. The normalized spacial score (nSPS) is 15.1. The summed E-state index contributed by atoms with van der Waals surface area (Å²) in [5.41, 5.74) is 8.82. The number of urea groups is 1. The number of methoxy groups -OCH3 is 2. The van der Waals surface area contributed by atoms with Crippen LogP contribution in [0.1, 0.15) is 23.7 Å². The molecule has 1 aromatic heterocycles. The van der Waals surface area contributed by atoms with Gasteiger partial charge in [-0.25, -0.2) is 13.6 Å². The number of hydrogen-bond donors (Lipinski definition) is 1. The van der Waals surface area contributed by atoms with E-state index in [1.807, 2.05) is 0 Å². The molecule has 0 radical (unpaired) electrons. The third-order valence-electron chi connectivity index (χ3n) is 6.77. The summed E-state index contributed by atoms with van der Waals surface area (Å²) in [7, 11) is 4.11. The van der Waals surface area contributed by atoms with Gasteiger partial charge in [0.2, 0.25) is 0 Å². The highest BCUT2D eigenvalue weighted by Gasteiger charge is 2.37. The number of amides is 2. The maximum Gasteiger partial charge on any atom is 0.329 e. The van der Waals surface area contributed by atoms with E-state index in [4.69, 9.17) is 24.7 Å². The topological polar surface area (TPSA) is 112 Å². The monoisotopic (exact) mass is 565 g/mol. The summed E-state index contributed by atoms with van der Waals surface area (Å²) in [4.78, 5) is 25.2. The first kappa shape index (κ1) is 27.7. The van der Waals surface area contributed by atoms with Gasteiger partial charge < -0.3 is 24.7 Å². The highest BCUT2D eigenvalue weighted by molar-refractivity contribution is 6.11. The number of anilines is 2. The minimum absolute atomic E-state index is 0.0509. The van der Waals surface area contributed by atoms with Gasteiger partial charge in [0.25, 0.3) is 0 Å². The molecule has 2 aliphatic heterocycles. The first-order chi connectivity index (χ1) is 19.8. The van der Waals surface area contributed by atoms with Crippen LogP contribution in [0.5, 0.6) is 23.0 Å². The summed E-state index contributed by atoms with van der Waals surface area (Å²) in [6.07, 6.45) is 3.14. The van der Waals surface area contributed by atoms with Gasteiger partial charge >= 0.3 is 6.03 Å². The van der Waals surface area contributed by atoms with E-state index < -0.39 is 23.4 Å². The van der Waals surface area contributed by atoms with Crippen LogP contribution in [-0.2, 0) is 13.1 Å². The Bertz CT molecular complexity index is 1540. The molecular formula is C29H29F2N5O5. The number of aromatic nitrogens is 1. The summed E-state index contributed by atoms with van der Waals surface area (Å²) in [5, 5.41) is 0. The van der Waals surface area contributed by atoms with Gasteiger partial charge in [-0.05, 0) is 30.7 Å². The van der Waals surface area contributed by atoms with Crippen molar-refractivity contribution in [1.82, 2.24) is 4.98 Å². The Morgan fingerprint density at radius 1 is 1.10 bits per heavy atom. The van der Waals surface area contributed by atoms with E-state index in [9.17, 15) is 4.79 Å². The van der Waals surface area contributed by atoms with Crippen LogP contribution < -0.4 is 34.5 Å². The fraction of sp³-hybridized carbons (Fsp3) is 0.276. The second-order valence-electron chi connectivity index (χ2n) is 9.37. The van der Waals surface area contributed by atoms with Crippen molar-refractivity contribution in [3.8, 4) is 23.0 Å². The molecule has 0 saturated carbocycles. The van der Waals surface area contributed by atoms with Crippen molar-refractivity contribution < 1.29 is 32.5 Å². The van der Waals surface area contributed by atoms with Gasteiger partial charge in [0.05, 0.1) is 38.7 Å². The van der Waals surface area contributed by atoms with Crippen molar-refractivity contribution in [3.63, 3.8) is 0 Å². The SMILES string of the molecule is CN=CC(=C(C)N)c1cc2c(cn1)CN(c1c(F)c(OC)cc(OC)c1F)C(=O)N2Cc1ccc2c(c1)OCCO2. The van der Waals surface area contributed by atoms with Gasteiger partial charge in [-0.2, -0.15) is 0 Å². The zero-order valence-corrected chi connectivity index (χ0v) is 23.0. The van der Waals surface area contributed by atoms with Crippen molar-refractivity contribution in [2.45, 2.75) is 20.0 Å². The Morgan fingerprint density at radius 3 is 2.41 bits per heavy atom. The van der Waals surface area contributed by atoms with Crippen LogP contribution in [0.25, 0.3) is 5.57 Å². The van der Waals surface area contributed by atoms with E-state index in [1.54, 1.807) is 50.6 Å². The number of carbonyl (C=O) groups excluding carboxylic acids is 1. The highest BCUT2D eigenvalue weighted by Crippen LogP contribution is 2.42.